The van der Waals surface area contributed by atoms with Crippen LogP contribution in [0, 0.1) is 0 Å². The van der Waals surface area contributed by atoms with Gasteiger partial charge in [0.15, 0.2) is 0 Å². The van der Waals surface area contributed by atoms with Gasteiger partial charge in [-0.3, -0.25) is 0 Å². The van der Waals surface area contributed by atoms with Crippen LogP contribution in [0.1, 0.15) is 40.5 Å². The van der Waals surface area contributed by atoms with E-state index in [1.165, 1.54) is 0 Å². The molecule has 0 bridgehead atoms. The first-order chi connectivity index (χ1) is 5.83. The second-order valence-electron chi connectivity index (χ2n) is 4.61. The zero-order valence-electron chi connectivity index (χ0n) is 9.39. The molecule has 0 saturated heterocycles. The Morgan fingerprint density at radius 3 is 1.46 bits per heavy atom. The van der Waals surface area contributed by atoms with Crippen molar-refractivity contribution in [1.29, 1.82) is 0 Å². The van der Waals surface area contributed by atoms with Crippen molar-refractivity contribution >= 4 is 0 Å². The van der Waals surface area contributed by atoms with Crippen LogP contribution in [0.3, 0.4) is 0 Å². The van der Waals surface area contributed by atoms with Gasteiger partial charge in [-0.25, -0.2) is 0 Å². The molecule has 0 spiro atoms. The van der Waals surface area contributed by atoms with E-state index in [2.05, 4.69) is 40.9 Å². The molecule has 0 aliphatic heterocycles. The van der Waals surface area contributed by atoms with Crippen molar-refractivity contribution in [3.8, 4) is 0 Å². The van der Waals surface area contributed by atoms with Gasteiger partial charge >= 0.3 is 0 Å². The van der Waals surface area contributed by atoms with Crippen molar-refractivity contribution in [1.82, 2.24) is 0 Å². The average Bonchev–Trinajstić information content (AvgIpc) is 1.82. The minimum Gasteiger partial charge on any atom is -0.369 e. The van der Waals surface area contributed by atoms with Gasteiger partial charge in [0.2, 0.25) is 0 Å². The van der Waals surface area contributed by atoms with Crippen LogP contribution < -0.4 is 0 Å². The van der Waals surface area contributed by atoms with E-state index in [0.29, 0.717) is 0 Å². The number of hydrogen-bond acceptors (Lipinski definition) is 1. The summed E-state index contributed by atoms with van der Waals surface area (Å²) in [6, 6.07) is 0. The van der Waals surface area contributed by atoms with Crippen molar-refractivity contribution in [3.63, 3.8) is 0 Å². The van der Waals surface area contributed by atoms with E-state index in [9.17, 15) is 0 Å². The molecule has 1 heteroatoms. The normalized spacial score (nSPS) is 12.6. The molecule has 0 aromatic rings. The van der Waals surface area contributed by atoms with Crippen molar-refractivity contribution < 1.29 is 4.74 Å². The fourth-order valence-corrected chi connectivity index (χ4v) is 1.53. The molecular formula is C12H22O. The quantitative estimate of drug-likeness (QED) is 0.569. The maximum Gasteiger partial charge on any atom is 0.0668 e. The molecule has 0 heterocycles. The first-order valence-electron chi connectivity index (χ1n) is 4.75. The average molecular weight is 182 g/mol. The summed E-state index contributed by atoms with van der Waals surface area (Å²) in [4.78, 5) is 0. The minimum atomic E-state index is -0.131. The third kappa shape index (κ3) is 5.64. The van der Waals surface area contributed by atoms with Gasteiger partial charge in [0.05, 0.1) is 11.2 Å². The highest BCUT2D eigenvalue weighted by molar-refractivity contribution is 4.87. The lowest BCUT2D eigenvalue weighted by atomic mass is 10.00. The Morgan fingerprint density at radius 2 is 1.23 bits per heavy atom. The van der Waals surface area contributed by atoms with Crippen LogP contribution >= 0.6 is 0 Å². The lowest BCUT2D eigenvalue weighted by molar-refractivity contribution is -0.118. The molecule has 0 saturated carbocycles. The number of hydrogen-bond donors (Lipinski definition) is 0. The zero-order valence-corrected chi connectivity index (χ0v) is 9.39. The van der Waals surface area contributed by atoms with Crippen LogP contribution in [0.4, 0.5) is 0 Å². The van der Waals surface area contributed by atoms with Gasteiger partial charge in [-0.15, -0.1) is 13.2 Å². The maximum atomic E-state index is 5.96. The van der Waals surface area contributed by atoms with E-state index in [0.717, 1.165) is 12.8 Å². The highest BCUT2D eigenvalue weighted by atomic mass is 16.5. The molecule has 0 N–H and O–H groups in total. The smallest absolute Gasteiger partial charge is 0.0668 e. The number of ether oxygens (including phenoxy) is 1. The monoisotopic (exact) mass is 182 g/mol. The van der Waals surface area contributed by atoms with Crippen LogP contribution in [0.2, 0.25) is 0 Å². The summed E-state index contributed by atoms with van der Waals surface area (Å²) >= 11 is 0. The second kappa shape index (κ2) is 4.61. The van der Waals surface area contributed by atoms with Crippen molar-refractivity contribution in [2.45, 2.75) is 51.7 Å². The standard InChI is InChI=1S/C12H22O/c1-7-9-11(3,4)13-12(5,6)10-8-2/h7-8H,1-2,9-10H2,3-6H3. The molecule has 0 aliphatic carbocycles. The lowest BCUT2D eigenvalue weighted by Gasteiger charge is -2.35. The summed E-state index contributed by atoms with van der Waals surface area (Å²) in [5.41, 5.74) is -0.261. The number of rotatable bonds is 6. The molecule has 13 heavy (non-hydrogen) atoms. The second-order valence-corrected chi connectivity index (χ2v) is 4.61. The Bertz CT molecular complexity index is 158. The van der Waals surface area contributed by atoms with Crippen molar-refractivity contribution in [2.75, 3.05) is 0 Å². The fraction of sp³-hybridized carbons (Fsp3) is 0.667. The summed E-state index contributed by atoms with van der Waals surface area (Å²) in [6.45, 7) is 15.8. The molecule has 0 aromatic carbocycles. The molecule has 76 valence electrons. The Morgan fingerprint density at radius 1 is 0.923 bits per heavy atom. The topological polar surface area (TPSA) is 9.23 Å². The van der Waals surface area contributed by atoms with Crippen LogP contribution in [0.25, 0.3) is 0 Å². The van der Waals surface area contributed by atoms with Gasteiger partial charge in [0, 0.05) is 0 Å². The lowest BCUT2D eigenvalue weighted by Crippen LogP contribution is -2.36. The summed E-state index contributed by atoms with van der Waals surface area (Å²) in [5.74, 6) is 0. The molecule has 0 unspecified atom stereocenters. The van der Waals surface area contributed by atoms with Crippen LogP contribution in [-0.4, -0.2) is 11.2 Å². The fourth-order valence-electron chi connectivity index (χ4n) is 1.53. The molecule has 0 amide bonds. The predicted octanol–water partition coefficient (Wildman–Crippen LogP) is 3.71. The van der Waals surface area contributed by atoms with Crippen molar-refractivity contribution in [3.05, 3.63) is 25.3 Å². The summed E-state index contributed by atoms with van der Waals surface area (Å²) in [5, 5.41) is 0. The Labute approximate surface area is 82.5 Å². The van der Waals surface area contributed by atoms with Gasteiger partial charge in [0.1, 0.15) is 0 Å². The Kier molecular flexibility index (Phi) is 4.41. The largest absolute Gasteiger partial charge is 0.369 e. The highest BCUT2D eigenvalue weighted by Crippen LogP contribution is 2.26. The van der Waals surface area contributed by atoms with E-state index in [1.807, 2.05) is 12.2 Å². The van der Waals surface area contributed by atoms with E-state index in [-0.39, 0.29) is 11.2 Å². The first kappa shape index (κ1) is 12.4. The highest BCUT2D eigenvalue weighted by Gasteiger charge is 2.26. The van der Waals surface area contributed by atoms with Crippen LogP contribution in [0.5, 0.6) is 0 Å². The van der Waals surface area contributed by atoms with Crippen LogP contribution in [-0.2, 0) is 4.74 Å². The molecule has 0 rings (SSSR count). The Hall–Kier alpha value is -0.560. The van der Waals surface area contributed by atoms with Gasteiger partial charge in [-0.1, -0.05) is 12.2 Å². The van der Waals surface area contributed by atoms with E-state index in [1.54, 1.807) is 0 Å². The molecular weight excluding hydrogens is 160 g/mol. The molecule has 0 fully saturated rings. The summed E-state index contributed by atoms with van der Waals surface area (Å²) in [6.07, 6.45) is 5.52. The van der Waals surface area contributed by atoms with Gasteiger partial charge < -0.3 is 4.74 Å². The first-order valence-corrected chi connectivity index (χ1v) is 4.75. The third-order valence-electron chi connectivity index (χ3n) is 1.82. The molecule has 0 aromatic heterocycles. The SMILES string of the molecule is C=CCC(C)(C)OC(C)(C)CC=C. The zero-order chi connectivity index (χ0) is 10.5. The summed E-state index contributed by atoms with van der Waals surface area (Å²) in [7, 11) is 0. The van der Waals surface area contributed by atoms with Gasteiger partial charge in [-0.05, 0) is 40.5 Å². The molecule has 0 atom stereocenters. The minimum absolute atomic E-state index is 0.131. The van der Waals surface area contributed by atoms with Gasteiger partial charge in [0.25, 0.3) is 0 Å². The summed E-state index contributed by atoms with van der Waals surface area (Å²) < 4.78 is 5.96. The predicted molar refractivity (Wildman–Crippen MR) is 58.9 cm³/mol. The third-order valence-corrected chi connectivity index (χ3v) is 1.82. The maximum absolute atomic E-state index is 5.96. The van der Waals surface area contributed by atoms with Crippen molar-refractivity contribution in [2.24, 2.45) is 0 Å². The molecule has 0 aliphatic rings. The van der Waals surface area contributed by atoms with E-state index >= 15 is 0 Å². The van der Waals surface area contributed by atoms with Crippen LogP contribution in [0.15, 0.2) is 25.3 Å². The molecule has 0 radical (unpaired) electrons. The van der Waals surface area contributed by atoms with E-state index < -0.39 is 0 Å². The van der Waals surface area contributed by atoms with Gasteiger partial charge in [-0.2, -0.15) is 0 Å². The molecule has 1 nitrogen and oxygen atoms in total. The Balaban J connectivity index is 4.22. The van der Waals surface area contributed by atoms with E-state index in [4.69, 9.17) is 4.74 Å².